The van der Waals surface area contributed by atoms with Crippen LogP contribution in [-0.2, 0) is 0 Å². The molecule has 74 valence electrons. The Morgan fingerprint density at radius 2 is 1.93 bits per heavy atom. The molecule has 1 unspecified atom stereocenters. The SMILES string of the molecule is CC=CC(C)(O)C(=O)c1ccccc1. The zero-order valence-electron chi connectivity index (χ0n) is 8.40. The molecule has 2 heteroatoms. The van der Waals surface area contributed by atoms with Crippen molar-refractivity contribution in [2.75, 3.05) is 0 Å². The van der Waals surface area contributed by atoms with Crippen molar-refractivity contribution >= 4 is 5.78 Å². The van der Waals surface area contributed by atoms with E-state index in [-0.39, 0.29) is 5.78 Å². The predicted molar refractivity (Wildman–Crippen MR) is 56.2 cm³/mol. The molecule has 0 saturated heterocycles. The van der Waals surface area contributed by atoms with Crippen molar-refractivity contribution in [3.05, 3.63) is 48.0 Å². The average molecular weight is 190 g/mol. The number of carbonyl (C=O) groups excluding carboxylic acids is 1. The lowest BCUT2D eigenvalue weighted by Crippen LogP contribution is -2.32. The largest absolute Gasteiger partial charge is 0.378 e. The highest BCUT2D eigenvalue weighted by atomic mass is 16.3. The van der Waals surface area contributed by atoms with E-state index in [1.54, 1.807) is 37.3 Å². The first-order valence-corrected chi connectivity index (χ1v) is 4.54. The first-order valence-electron chi connectivity index (χ1n) is 4.54. The van der Waals surface area contributed by atoms with Crippen LogP contribution in [0, 0.1) is 0 Å². The van der Waals surface area contributed by atoms with Crippen LogP contribution >= 0.6 is 0 Å². The number of hydrogen-bond donors (Lipinski definition) is 1. The fourth-order valence-corrected chi connectivity index (χ4v) is 1.28. The van der Waals surface area contributed by atoms with Crippen LogP contribution in [-0.4, -0.2) is 16.5 Å². The molecule has 0 spiro atoms. The molecule has 2 nitrogen and oxygen atoms in total. The van der Waals surface area contributed by atoms with E-state index in [1.165, 1.54) is 13.0 Å². The van der Waals surface area contributed by atoms with Gasteiger partial charge in [-0.3, -0.25) is 4.79 Å². The zero-order valence-corrected chi connectivity index (χ0v) is 8.40. The molecule has 14 heavy (non-hydrogen) atoms. The molecule has 0 fully saturated rings. The number of hydrogen-bond acceptors (Lipinski definition) is 2. The van der Waals surface area contributed by atoms with E-state index in [0.717, 1.165) is 0 Å². The summed E-state index contributed by atoms with van der Waals surface area (Å²) in [4.78, 5) is 11.8. The molecule has 0 heterocycles. The van der Waals surface area contributed by atoms with Gasteiger partial charge in [-0.25, -0.2) is 0 Å². The minimum absolute atomic E-state index is 0.281. The van der Waals surface area contributed by atoms with E-state index in [0.29, 0.717) is 5.56 Å². The summed E-state index contributed by atoms with van der Waals surface area (Å²) in [5, 5.41) is 9.80. The van der Waals surface area contributed by atoms with E-state index in [4.69, 9.17) is 0 Å². The van der Waals surface area contributed by atoms with E-state index < -0.39 is 5.60 Å². The highest BCUT2D eigenvalue weighted by Crippen LogP contribution is 2.14. The maximum absolute atomic E-state index is 11.8. The Balaban J connectivity index is 2.97. The Labute approximate surface area is 83.9 Å². The van der Waals surface area contributed by atoms with Crippen LogP contribution < -0.4 is 0 Å². The summed E-state index contributed by atoms with van der Waals surface area (Å²) in [5.41, 5.74) is -0.883. The van der Waals surface area contributed by atoms with Gasteiger partial charge in [-0.15, -0.1) is 0 Å². The smallest absolute Gasteiger partial charge is 0.197 e. The quantitative estimate of drug-likeness (QED) is 0.586. The Hall–Kier alpha value is -1.41. The topological polar surface area (TPSA) is 37.3 Å². The van der Waals surface area contributed by atoms with Gasteiger partial charge in [0.2, 0.25) is 0 Å². The third-order valence-corrected chi connectivity index (χ3v) is 1.99. The van der Waals surface area contributed by atoms with Crippen molar-refractivity contribution in [3.63, 3.8) is 0 Å². The number of rotatable bonds is 3. The molecule has 1 N–H and O–H groups in total. The number of allylic oxidation sites excluding steroid dienone is 1. The van der Waals surface area contributed by atoms with E-state index in [2.05, 4.69) is 0 Å². The van der Waals surface area contributed by atoms with Gasteiger partial charge in [-0.1, -0.05) is 36.4 Å². The summed E-state index contributed by atoms with van der Waals surface area (Å²) in [6.07, 6.45) is 3.16. The lowest BCUT2D eigenvalue weighted by molar-refractivity contribution is 0.0591. The van der Waals surface area contributed by atoms with Crippen LogP contribution in [0.25, 0.3) is 0 Å². The van der Waals surface area contributed by atoms with Crippen molar-refractivity contribution in [1.82, 2.24) is 0 Å². The van der Waals surface area contributed by atoms with E-state index >= 15 is 0 Å². The van der Waals surface area contributed by atoms with Crippen molar-refractivity contribution < 1.29 is 9.90 Å². The molecular weight excluding hydrogens is 176 g/mol. The summed E-state index contributed by atoms with van der Waals surface area (Å²) in [5.74, 6) is -0.281. The number of aliphatic hydroxyl groups is 1. The second-order valence-electron chi connectivity index (χ2n) is 3.34. The van der Waals surface area contributed by atoms with Gasteiger partial charge in [0.1, 0.15) is 5.60 Å². The molecule has 0 amide bonds. The molecule has 1 aromatic carbocycles. The Bertz CT molecular complexity index is 337. The fraction of sp³-hybridized carbons (Fsp3) is 0.250. The molecule has 1 rings (SSSR count). The number of carbonyl (C=O) groups is 1. The highest BCUT2D eigenvalue weighted by molar-refractivity contribution is 6.03. The van der Waals surface area contributed by atoms with Gasteiger partial charge in [0.25, 0.3) is 0 Å². The molecular formula is C12H14O2. The number of benzene rings is 1. The maximum atomic E-state index is 11.8. The van der Waals surface area contributed by atoms with Crippen LogP contribution in [0.2, 0.25) is 0 Å². The van der Waals surface area contributed by atoms with E-state index in [9.17, 15) is 9.90 Å². The van der Waals surface area contributed by atoms with Gasteiger partial charge in [0.15, 0.2) is 5.78 Å². The van der Waals surface area contributed by atoms with Crippen LogP contribution in [0.1, 0.15) is 24.2 Å². The highest BCUT2D eigenvalue weighted by Gasteiger charge is 2.27. The predicted octanol–water partition coefficient (Wildman–Crippen LogP) is 2.20. The molecule has 1 atom stereocenters. The van der Waals surface area contributed by atoms with E-state index in [1.807, 2.05) is 6.07 Å². The van der Waals surface area contributed by atoms with Crippen molar-refractivity contribution in [1.29, 1.82) is 0 Å². The first kappa shape index (κ1) is 10.7. The van der Waals surface area contributed by atoms with Crippen molar-refractivity contribution in [2.45, 2.75) is 19.4 Å². The van der Waals surface area contributed by atoms with Crippen LogP contribution in [0.15, 0.2) is 42.5 Å². The zero-order chi connectivity index (χ0) is 10.6. The van der Waals surface area contributed by atoms with Gasteiger partial charge in [-0.2, -0.15) is 0 Å². The van der Waals surface area contributed by atoms with Gasteiger partial charge in [-0.05, 0) is 19.9 Å². The molecule has 0 aromatic heterocycles. The fourth-order valence-electron chi connectivity index (χ4n) is 1.28. The summed E-state index contributed by atoms with van der Waals surface area (Å²) < 4.78 is 0. The Morgan fingerprint density at radius 3 is 2.43 bits per heavy atom. The molecule has 1 aromatic rings. The summed E-state index contributed by atoms with van der Waals surface area (Å²) in [6, 6.07) is 8.78. The normalized spacial score (nSPS) is 15.4. The summed E-state index contributed by atoms with van der Waals surface area (Å²) in [7, 11) is 0. The van der Waals surface area contributed by atoms with Crippen LogP contribution in [0.5, 0.6) is 0 Å². The minimum Gasteiger partial charge on any atom is -0.378 e. The summed E-state index contributed by atoms with van der Waals surface area (Å²) in [6.45, 7) is 3.26. The number of Topliss-reactive ketones (excluding diaryl/α,β-unsaturated/α-hetero) is 1. The molecule has 0 saturated carbocycles. The third kappa shape index (κ3) is 2.30. The standard InChI is InChI=1S/C12H14O2/c1-3-9-12(2,14)11(13)10-7-5-4-6-8-10/h3-9,14H,1-2H3. The Morgan fingerprint density at radius 1 is 1.36 bits per heavy atom. The molecule has 0 radical (unpaired) electrons. The maximum Gasteiger partial charge on any atom is 0.197 e. The Kier molecular flexibility index (Phi) is 3.20. The van der Waals surface area contributed by atoms with Gasteiger partial charge < -0.3 is 5.11 Å². The van der Waals surface area contributed by atoms with Gasteiger partial charge in [0.05, 0.1) is 0 Å². The molecule has 0 aliphatic carbocycles. The number of ketones is 1. The second-order valence-corrected chi connectivity index (χ2v) is 3.34. The minimum atomic E-state index is -1.41. The second kappa shape index (κ2) is 4.20. The first-order chi connectivity index (χ1) is 6.58. The molecule has 0 aliphatic rings. The monoisotopic (exact) mass is 190 g/mol. The van der Waals surface area contributed by atoms with Crippen molar-refractivity contribution in [3.8, 4) is 0 Å². The average Bonchev–Trinajstić information content (AvgIpc) is 2.18. The third-order valence-electron chi connectivity index (χ3n) is 1.99. The van der Waals surface area contributed by atoms with Crippen molar-refractivity contribution in [2.24, 2.45) is 0 Å². The van der Waals surface area contributed by atoms with Gasteiger partial charge >= 0.3 is 0 Å². The molecule has 0 aliphatic heterocycles. The lowest BCUT2D eigenvalue weighted by Gasteiger charge is -2.16. The van der Waals surface area contributed by atoms with Crippen LogP contribution in [0.3, 0.4) is 0 Å². The van der Waals surface area contributed by atoms with Gasteiger partial charge in [0, 0.05) is 5.56 Å². The molecule has 0 bridgehead atoms. The van der Waals surface area contributed by atoms with Crippen LogP contribution in [0.4, 0.5) is 0 Å². The lowest BCUT2D eigenvalue weighted by atomic mass is 9.94. The summed E-state index contributed by atoms with van der Waals surface area (Å²) >= 11 is 0.